The number of rotatable bonds is 1. The number of nitrogen functional groups attached to an aromatic ring is 1. The molecule has 4 aromatic rings. The molecule has 4 heterocycles. The highest BCUT2D eigenvalue weighted by atomic mass is 32.1. The van der Waals surface area contributed by atoms with Crippen LogP contribution in [0.3, 0.4) is 0 Å². The van der Waals surface area contributed by atoms with E-state index in [1.807, 2.05) is 15.8 Å². The summed E-state index contributed by atoms with van der Waals surface area (Å²) in [6.45, 7) is 0. The summed E-state index contributed by atoms with van der Waals surface area (Å²) in [5.74, 6) is 0.696. The van der Waals surface area contributed by atoms with E-state index in [2.05, 4.69) is 25.1 Å². The molecule has 0 fully saturated rings. The first-order chi connectivity index (χ1) is 8.84. The van der Waals surface area contributed by atoms with Crippen molar-refractivity contribution in [2.75, 3.05) is 5.73 Å². The maximum atomic E-state index is 5.90. The number of thiophene rings is 1. The summed E-state index contributed by atoms with van der Waals surface area (Å²) < 4.78 is 1.81. The van der Waals surface area contributed by atoms with Gasteiger partial charge in [-0.25, -0.2) is 9.97 Å². The van der Waals surface area contributed by atoms with Crippen molar-refractivity contribution in [3.05, 3.63) is 24.1 Å². The first-order valence-corrected chi connectivity index (χ1v) is 6.09. The molecule has 0 saturated heterocycles. The van der Waals surface area contributed by atoms with E-state index >= 15 is 0 Å². The zero-order chi connectivity index (χ0) is 12.1. The van der Waals surface area contributed by atoms with Gasteiger partial charge in [-0.05, 0) is 11.4 Å². The van der Waals surface area contributed by atoms with Gasteiger partial charge < -0.3 is 10.7 Å². The fourth-order valence-electron chi connectivity index (χ4n) is 1.89. The van der Waals surface area contributed by atoms with Gasteiger partial charge >= 0.3 is 0 Å². The summed E-state index contributed by atoms with van der Waals surface area (Å²) in [7, 11) is 0. The number of H-pyrrole nitrogens is 1. The van der Waals surface area contributed by atoms with E-state index in [1.165, 1.54) is 11.3 Å². The summed E-state index contributed by atoms with van der Waals surface area (Å²) in [5, 5.41) is 10.3. The normalized spacial score (nSPS) is 11.6. The van der Waals surface area contributed by atoms with E-state index in [0.29, 0.717) is 22.8 Å². The van der Waals surface area contributed by atoms with Crippen LogP contribution in [0.1, 0.15) is 0 Å². The van der Waals surface area contributed by atoms with Crippen molar-refractivity contribution in [3.8, 4) is 10.7 Å². The number of aromatic amines is 1. The summed E-state index contributed by atoms with van der Waals surface area (Å²) in [6.07, 6.45) is 3.25. The zero-order valence-corrected chi connectivity index (χ0v) is 9.85. The van der Waals surface area contributed by atoms with Gasteiger partial charge in [-0.1, -0.05) is 0 Å². The molecular formula is C10H7N7S. The number of nitrogens with two attached hydrogens (primary N) is 1. The van der Waals surface area contributed by atoms with Crippen LogP contribution in [0.5, 0.6) is 0 Å². The Bertz CT molecular complexity index is 855. The van der Waals surface area contributed by atoms with Crippen molar-refractivity contribution in [1.82, 2.24) is 29.5 Å². The Morgan fingerprint density at radius 3 is 3.06 bits per heavy atom. The Morgan fingerprint density at radius 1 is 1.28 bits per heavy atom. The monoisotopic (exact) mass is 257 g/mol. The molecule has 0 spiro atoms. The number of hydrogen-bond acceptors (Lipinski definition) is 6. The zero-order valence-electron chi connectivity index (χ0n) is 9.03. The molecule has 0 amide bonds. The molecule has 7 nitrogen and oxygen atoms in total. The maximum absolute atomic E-state index is 5.90. The first kappa shape index (κ1) is 9.54. The average Bonchev–Trinajstić information content (AvgIpc) is 3.04. The predicted molar refractivity (Wildman–Crippen MR) is 68.2 cm³/mol. The van der Waals surface area contributed by atoms with Gasteiger partial charge in [-0.3, -0.25) is 4.40 Å². The molecule has 18 heavy (non-hydrogen) atoms. The van der Waals surface area contributed by atoms with Gasteiger partial charge in [-0.15, -0.1) is 21.5 Å². The fraction of sp³-hybridized carbons (Fsp3) is 0. The summed E-state index contributed by atoms with van der Waals surface area (Å²) in [4.78, 5) is 12.2. The molecule has 0 aromatic carbocycles. The van der Waals surface area contributed by atoms with Crippen molar-refractivity contribution in [3.63, 3.8) is 0 Å². The van der Waals surface area contributed by atoms with Gasteiger partial charge in [0.05, 0.1) is 16.9 Å². The number of aromatic nitrogens is 6. The highest BCUT2D eigenvalue weighted by Gasteiger charge is 2.15. The largest absolute Gasteiger partial charge is 0.397 e. The van der Waals surface area contributed by atoms with Crippen LogP contribution in [0.25, 0.3) is 27.5 Å². The fourth-order valence-corrected chi connectivity index (χ4v) is 2.69. The molecule has 0 aliphatic rings. The molecule has 0 aliphatic carbocycles. The maximum Gasteiger partial charge on any atom is 0.190 e. The van der Waals surface area contributed by atoms with E-state index in [4.69, 9.17) is 5.73 Å². The number of fused-ring (bicyclic) bond motifs is 3. The quantitative estimate of drug-likeness (QED) is 0.535. The third kappa shape index (κ3) is 1.12. The number of nitrogens with zero attached hydrogens (tertiary/aromatic N) is 5. The van der Waals surface area contributed by atoms with Crippen molar-refractivity contribution < 1.29 is 0 Å². The van der Waals surface area contributed by atoms with E-state index in [0.717, 1.165) is 10.4 Å². The van der Waals surface area contributed by atoms with Crippen molar-refractivity contribution >= 4 is 33.8 Å². The van der Waals surface area contributed by atoms with Crippen LogP contribution in [0.15, 0.2) is 24.1 Å². The molecule has 0 bridgehead atoms. The molecular weight excluding hydrogens is 250 g/mol. The topological polar surface area (TPSA) is 97.8 Å². The van der Waals surface area contributed by atoms with Gasteiger partial charge in [-0.2, -0.15) is 0 Å². The lowest BCUT2D eigenvalue weighted by atomic mass is 10.4. The van der Waals surface area contributed by atoms with E-state index in [1.54, 1.807) is 12.7 Å². The molecule has 0 saturated carbocycles. The lowest BCUT2D eigenvalue weighted by molar-refractivity contribution is 1.10. The Hall–Kier alpha value is -2.48. The van der Waals surface area contributed by atoms with Crippen molar-refractivity contribution in [1.29, 1.82) is 0 Å². The minimum atomic E-state index is 0.626. The van der Waals surface area contributed by atoms with Crippen molar-refractivity contribution in [2.24, 2.45) is 0 Å². The molecule has 4 rings (SSSR count). The molecule has 0 radical (unpaired) electrons. The van der Waals surface area contributed by atoms with Crippen LogP contribution in [0, 0.1) is 0 Å². The number of nitrogens with one attached hydrogen (secondary N) is 1. The second-order valence-corrected chi connectivity index (χ2v) is 4.68. The molecule has 88 valence electrons. The van der Waals surface area contributed by atoms with Crippen LogP contribution >= 0.6 is 11.3 Å². The van der Waals surface area contributed by atoms with E-state index in [9.17, 15) is 0 Å². The second kappa shape index (κ2) is 3.26. The smallest absolute Gasteiger partial charge is 0.190 e. The van der Waals surface area contributed by atoms with Crippen LogP contribution < -0.4 is 5.73 Å². The number of hydrogen-bond donors (Lipinski definition) is 2. The third-order valence-electron chi connectivity index (χ3n) is 2.73. The Kier molecular flexibility index (Phi) is 1.73. The highest BCUT2D eigenvalue weighted by molar-refractivity contribution is 7.14. The Morgan fingerprint density at radius 2 is 2.22 bits per heavy atom. The minimum absolute atomic E-state index is 0.626. The standard InChI is InChI=1S/C10H7N7S/c11-5-1-2-18-7(5)10-16-15-9-6-8(13-3-12-6)14-4-17(9)10/h1-4H,11H2,(H,12,13). The lowest BCUT2D eigenvalue weighted by Gasteiger charge is -1.97. The molecule has 0 aliphatic heterocycles. The van der Waals surface area contributed by atoms with Gasteiger partial charge in [0.1, 0.15) is 11.8 Å². The number of imidazole rings is 1. The van der Waals surface area contributed by atoms with Crippen LogP contribution in [0.4, 0.5) is 5.69 Å². The first-order valence-electron chi connectivity index (χ1n) is 5.21. The van der Waals surface area contributed by atoms with E-state index < -0.39 is 0 Å². The van der Waals surface area contributed by atoms with E-state index in [-0.39, 0.29) is 0 Å². The molecule has 0 atom stereocenters. The van der Waals surface area contributed by atoms with Crippen LogP contribution in [-0.4, -0.2) is 29.5 Å². The molecule has 0 unspecified atom stereocenters. The number of anilines is 1. The second-order valence-electron chi connectivity index (χ2n) is 3.77. The average molecular weight is 257 g/mol. The SMILES string of the molecule is Nc1ccsc1-c1nnc2c3[nH]cnc3ncn12. The van der Waals surface area contributed by atoms with Gasteiger partial charge in [0.15, 0.2) is 17.1 Å². The molecule has 4 aromatic heterocycles. The molecule has 8 heteroatoms. The summed E-state index contributed by atoms with van der Waals surface area (Å²) >= 11 is 1.53. The summed E-state index contributed by atoms with van der Waals surface area (Å²) in [6, 6.07) is 1.85. The lowest BCUT2D eigenvalue weighted by Crippen LogP contribution is -1.93. The Labute approximate surface area is 104 Å². The minimum Gasteiger partial charge on any atom is -0.397 e. The van der Waals surface area contributed by atoms with Gasteiger partial charge in [0.2, 0.25) is 0 Å². The van der Waals surface area contributed by atoms with Gasteiger partial charge in [0.25, 0.3) is 0 Å². The summed E-state index contributed by atoms with van der Waals surface area (Å²) in [5.41, 5.74) is 8.69. The van der Waals surface area contributed by atoms with Crippen molar-refractivity contribution in [2.45, 2.75) is 0 Å². The Balaban J connectivity index is 2.11. The van der Waals surface area contributed by atoms with Crippen LogP contribution in [0.2, 0.25) is 0 Å². The predicted octanol–water partition coefficient (Wildman–Crippen LogP) is 1.31. The third-order valence-corrected chi connectivity index (χ3v) is 3.66. The highest BCUT2D eigenvalue weighted by Crippen LogP contribution is 2.30. The van der Waals surface area contributed by atoms with Crippen LogP contribution in [-0.2, 0) is 0 Å². The van der Waals surface area contributed by atoms with Gasteiger partial charge in [0, 0.05) is 0 Å². The molecule has 3 N–H and O–H groups in total.